The van der Waals surface area contributed by atoms with Crippen LogP contribution in [0.2, 0.25) is 0 Å². The fourth-order valence-corrected chi connectivity index (χ4v) is 2.78. The number of aromatic nitrogens is 1. The van der Waals surface area contributed by atoms with Crippen molar-refractivity contribution < 1.29 is 9.53 Å². The lowest BCUT2D eigenvalue weighted by Gasteiger charge is -2.06. The molecule has 1 amide bonds. The summed E-state index contributed by atoms with van der Waals surface area (Å²) in [6.45, 7) is 0. The van der Waals surface area contributed by atoms with Crippen LogP contribution in [-0.2, 0) is 11.2 Å². The quantitative estimate of drug-likeness (QED) is 0.802. The molecule has 0 aliphatic heterocycles. The zero-order chi connectivity index (χ0) is 14.7. The number of nitrogens with zero attached hydrogens (tertiary/aromatic N) is 1. The second-order valence-electron chi connectivity index (χ2n) is 4.61. The molecule has 1 aromatic heterocycles. The molecule has 0 saturated heterocycles. The Labute approximate surface area is 126 Å². The summed E-state index contributed by atoms with van der Waals surface area (Å²) in [5.41, 5.74) is 4.50. The minimum atomic E-state index is -0.0379. The molecule has 5 heteroatoms. The molecule has 21 heavy (non-hydrogen) atoms. The van der Waals surface area contributed by atoms with Gasteiger partial charge in [0.25, 0.3) is 0 Å². The molecule has 1 heterocycles. The van der Waals surface area contributed by atoms with Gasteiger partial charge in [-0.25, -0.2) is 4.98 Å². The molecule has 0 aliphatic rings. The number of anilines is 1. The van der Waals surface area contributed by atoms with E-state index in [1.54, 1.807) is 24.0 Å². The monoisotopic (exact) mass is 298 g/mol. The lowest BCUT2D eigenvalue weighted by atomic mass is 10.1. The van der Waals surface area contributed by atoms with Crippen LogP contribution < -0.4 is 10.1 Å². The van der Waals surface area contributed by atoms with Crippen molar-refractivity contribution in [2.45, 2.75) is 6.42 Å². The third-order valence-electron chi connectivity index (χ3n) is 3.14. The van der Waals surface area contributed by atoms with E-state index < -0.39 is 0 Å². The Kier molecular flexibility index (Phi) is 3.83. The predicted octanol–water partition coefficient (Wildman–Crippen LogP) is 3.49. The molecule has 2 aromatic carbocycles. The number of carbonyl (C=O) groups excluding carboxylic acids is 1. The lowest BCUT2D eigenvalue weighted by molar-refractivity contribution is -0.115. The van der Waals surface area contributed by atoms with Gasteiger partial charge in [-0.15, -0.1) is 11.3 Å². The fourth-order valence-electron chi connectivity index (χ4n) is 2.07. The van der Waals surface area contributed by atoms with Gasteiger partial charge in [0.1, 0.15) is 5.75 Å². The maximum Gasteiger partial charge on any atom is 0.228 e. The van der Waals surface area contributed by atoms with Crippen LogP contribution in [0.3, 0.4) is 0 Å². The smallest absolute Gasteiger partial charge is 0.228 e. The second kappa shape index (κ2) is 5.93. The van der Waals surface area contributed by atoms with Crippen molar-refractivity contribution in [2.24, 2.45) is 0 Å². The molecule has 0 radical (unpaired) electrons. The number of hydrogen-bond donors (Lipinski definition) is 1. The van der Waals surface area contributed by atoms with Gasteiger partial charge in [0.2, 0.25) is 5.91 Å². The third-order valence-corrected chi connectivity index (χ3v) is 3.93. The van der Waals surface area contributed by atoms with E-state index in [-0.39, 0.29) is 5.91 Å². The Morgan fingerprint density at radius 1 is 1.24 bits per heavy atom. The van der Waals surface area contributed by atoms with Gasteiger partial charge >= 0.3 is 0 Å². The highest BCUT2D eigenvalue weighted by Crippen LogP contribution is 2.22. The normalized spacial score (nSPS) is 10.5. The summed E-state index contributed by atoms with van der Waals surface area (Å²) in [6, 6.07) is 13.2. The van der Waals surface area contributed by atoms with Gasteiger partial charge in [-0.3, -0.25) is 4.79 Å². The summed E-state index contributed by atoms with van der Waals surface area (Å²) >= 11 is 1.56. The van der Waals surface area contributed by atoms with Crippen molar-refractivity contribution >= 4 is 33.1 Å². The number of nitrogens with one attached hydrogen (secondary N) is 1. The molecular formula is C16H14N2O2S. The van der Waals surface area contributed by atoms with E-state index in [9.17, 15) is 4.79 Å². The van der Waals surface area contributed by atoms with E-state index in [1.165, 1.54) is 0 Å². The zero-order valence-electron chi connectivity index (χ0n) is 11.5. The van der Waals surface area contributed by atoms with Gasteiger partial charge in [-0.2, -0.15) is 0 Å². The summed E-state index contributed by atoms with van der Waals surface area (Å²) in [5, 5.41) is 2.91. The van der Waals surface area contributed by atoms with Gasteiger partial charge in [0.15, 0.2) is 0 Å². The van der Waals surface area contributed by atoms with Crippen molar-refractivity contribution in [2.75, 3.05) is 12.4 Å². The van der Waals surface area contributed by atoms with E-state index in [2.05, 4.69) is 10.3 Å². The first-order valence-corrected chi connectivity index (χ1v) is 7.38. The van der Waals surface area contributed by atoms with Gasteiger partial charge in [-0.05, 0) is 35.9 Å². The number of thiazole rings is 1. The van der Waals surface area contributed by atoms with Gasteiger partial charge in [0.05, 0.1) is 29.3 Å². The Bertz CT molecular complexity index is 765. The Morgan fingerprint density at radius 2 is 2.05 bits per heavy atom. The molecule has 1 N–H and O–H groups in total. The molecule has 0 atom stereocenters. The topological polar surface area (TPSA) is 51.2 Å². The SMILES string of the molecule is COc1ccc(CC(=O)Nc2ccc3ncsc3c2)cc1. The Balaban J connectivity index is 1.67. The van der Waals surface area contributed by atoms with Crippen molar-refractivity contribution in [1.29, 1.82) is 0 Å². The highest BCUT2D eigenvalue weighted by atomic mass is 32.1. The number of hydrogen-bond acceptors (Lipinski definition) is 4. The van der Waals surface area contributed by atoms with Crippen LogP contribution in [0.1, 0.15) is 5.56 Å². The van der Waals surface area contributed by atoms with Crippen LogP contribution in [0.5, 0.6) is 5.75 Å². The highest BCUT2D eigenvalue weighted by Gasteiger charge is 2.06. The number of rotatable bonds is 4. The van der Waals surface area contributed by atoms with Gasteiger partial charge in [-0.1, -0.05) is 12.1 Å². The lowest BCUT2D eigenvalue weighted by Crippen LogP contribution is -2.14. The summed E-state index contributed by atoms with van der Waals surface area (Å²) in [6.07, 6.45) is 0.338. The van der Waals surface area contributed by atoms with Crippen LogP contribution in [-0.4, -0.2) is 18.0 Å². The zero-order valence-corrected chi connectivity index (χ0v) is 12.3. The van der Waals surface area contributed by atoms with Crippen LogP contribution >= 0.6 is 11.3 Å². The second-order valence-corrected chi connectivity index (χ2v) is 5.49. The summed E-state index contributed by atoms with van der Waals surface area (Å²) in [5.74, 6) is 0.749. The highest BCUT2D eigenvalue weighted by molar-refractivity contribution is 7.16. The molecule has 0 unspecified atom stereocenters. The molecule has 0 bridgehead atoms. The molecule has 0 aliphatic carbocycles. The average Bonchev–Trinajstić information content (AvgIpc) is 2.95. The van der Waals surface area contributed by atoms with Crippen molar-refractivity contribution in [1.82, 2.24) is 4.98 Å². The molecule has 3 aromatic rings. The molecule has 3 rings (SSSR count). The Hall–Kier alpha value is -2.40. The molecular weight excluding hydrogens is 284 g/mol. The minimum Gasteiger partial charge on any atom is -0.497 e. The minimum absolute atomic E-state index is 0.0379. The van der Waals surface area contributed by atoms with Crippen LogP contribution in [0, 0.1) is 0 Å². The van der Waals surface area contributed by atoms with E-state index >= 15 is 0 Å². The van der Waals surface area contributed by atoms with Crippen LogP contribution in [0.4, 0.5) is 5.69 Å². The number of ether oxygens (including phenoxy) is 1. The number of amides is 1. The fraction of sp³-hybridized carbons (Fsp3) is 0.125. The molecule has 106 valence electrons. The summed E-state index contributed by atoms with van der Waals surface area (Å²) < 4.78 is 6.16. The molecule has 0 saturated carbocycles. The van der Waals surface area contributed by atoms with E-state index in [0.717, 1.165) is 27.2 Å². The van der Waals surface area contributed by atoms with Crippen molar-refractivity contribution in [3.8, 4) is 5.75 Å². The Morgan fingerprint density at radius 3 is 2.81 bits per heavy atom. The number of fused-ring (bicyclic) bond motifs is 1. The van der Waals surface area contributed by atoms with E-state index in [4.69, 9.17) is 4.74 Å². The largest absolute Gasteiger partial charge is 0.497 e. The summed E-state index contributed by atoms with van der Waals surface area (Å²) in [4.78, 5) is 16.3. The molecule has 4 nitrogen and oxygen atoms in total. The average molecular weight is 298 g/mol. The molecule has 0 spiro atoms. The predicted molar refractivity (Wildman–Crippen MR) is 84.9 cm³/mol. The van der Waals surface area contributed by atoms with Crippen LogP contribution in [0.25, 0.3) is 10.2 Å². The van der Waals surface area contributed by atoms with Crippen molar-refractivity contribution in [3.63, 3.8) is 0 Å². The third kappa shape index (κ3) is 3.20. The number of methoxy groups -OCH3 is 1. The maximum atomic E-state index is 12.1. The van der Waals surface area contributed by atoms with Gasteiger partial charge < -0.3 is 10.1 Å². The number of benzene rings is 2. The first kappa shape index (κ1) is 13.6. The number of carbonyl (C=O) groups is 1. The maximum absolute atomic E-state index is 12.1. The van der Waals surface area contributed by atoms with E-state index in [1.807, 2.05) is 42.5 Å². The molecule has 0 fully saturated rings. The van der Waals surface area contributed by atoms with Gasteiger partial charge in [0, 0.05) is 5.69 Å². The van der Waals surface area contributed by atoms with Crippen LogP contribution in [0.15, 0.2) is 48.0 Å². The first-order chi connectivity index (χ1) is 10.2. The van der Waals surface area contributed by atoms with Crippen molar-refractivity contribution in [3.05, 3.63) is 53.5 Å². The van der Waals surface area contributed by atoms with E-state index in [0.29, 0.717) is 6.42 Å². The first-order valence-electron chi connectivity index (χ1n) is 6.50. The summed E-state index contributed by atoms with van der Waals surface area (Å²) in [7, 11) is 1.62. The standard InChI is InChI=1S/C16H14N2O2S/c1-20-13-5-2-11(3-6-13)8-16(19)18-12-4-7-14-15(9-12)21-10-17-14/h2-7,9-10H,8H2,1H3,(H,18,19).